The molecule has 1 aliphatic rings. The summed E-state index contributed by atoms with van der Waals surface area (Å²) in [5.74, 6) is 1.87. The molecule has 0 bridgehead atoms. The van der Waals surface area contributed by atoms with Crippen molar-refractivity contribution in [3.63, 3.8) is 0 Å². The number of hydrogen-bond donors (Lipinski definition) is 0. The zero-order valence-corrected chi connectivity index (χ0v) is 11.3. The van der Waals surface area contributed by atoms with Crippen molar-refractivity contribution >= 4 is 31.6 Å². The second-order valence-corrected chi connectivity index (χ2v) is 6.85. The summed E-state index contributed by atoms with van der Waals surface area (Å²) in [5.41, 5.74) is 0. The molecule has 0 saturated carbocycles. The smallest absolute Gasteiger partial charge is 0.153 e. The van der Waals surface area contributed by atoms with Crippen LogP contribution in [0.15, 0.2) is 10.7 Å². The van der Waals surface area contributed by atoms with E-state index in [9.17, 15) is 8.42 Å². The van der Waals surface area contributed by atoms with Gasteiger partial charge in [0.05, 0.1) is 11.5 Å². The normalized spacial score (nSPS) is 19.8. The molecule has 2 rings (SSSR count). The van der Waals surface area contributed by atoms with Gasteiger partial charge >= 0.3 is 0 Å². The van der Waals surface area contributed by atoms with E-state index in [0.717, 1.165) is 10.4 Å². The number of anilines is 1. The number of aryl methyl sites for hydroxylation is 1. The van der Waals surface area contributed by atoms with Crippen LogP contribution in [0.25, 0.3) is 0 Å². The number of sulfone groups is 1. The maximum Gasteiger partial charge on any atom is 0.153 e. The Bertz CT molecular complexity index is 469. The van der Waals surface area contributed by atoms with Crippen LogP contribution in [0, 0.1) is 6.92 Å². The van der Waals surface area contributed by atoms with E-state index in [-0.39, 0.29) is 11.5 Å². The summed E-state index contributed by atoms with van der Waals surface area (Å²) in [5, 5.41) is 0. The van der Waals surface area contributed by atoms with Gasteiger partial charge in [-0.2, -0.15) is 0 Å². The fraction of sp³-hybridized carbons (Fsp3) is 0.556. The van der Waals surface area contributed by atoms with Crippen LogP contribution in [0.4, 0.5) is 5.82 Å². The van der Waals surface area contributed by atoms with Gasteiger partial charge in [-0.15, -0.1) is 0 Å². The molecule has 0 unspecified atom stereocenters. The molecule has 5 nitrogen and oxygen atoms in total. The standard InChI is InChI=1S/C9H12BrN3O2S/c1-7-11-8(10)6-9(12-7)13-2-4-16(14,15)5-3-13/h6H,2-5H2,1H3. The molecule has 0 spiro atoms. The molecule has 1 fully saturated rings. The summed E-state index contributed by atoms with van der Waals surface area (Å²) in [4.78, 5) is 10.4. The first-order valence-corrected chi connectivity index (χ1v) is 7.54. The molecule has 88 valence electrons. The van der Waals surface area contributed by atoms with Crippen molar-refractivity contribution in [2.45, 2.75) is 6.92 Å². The Morgan fingerprint density at radius 2 is 1.94 bits per heavy atom. The van der Waals surface area contributed by atoms with Gasteiger partial charge in [0.15, 0.2) is 9.84 Å². The van der Waals surface area contributed by atoms with Crippen LogP contribution in [-0.4, -0.2) is 43.0 Å². The minimum atomic E-state index is -2.84. The number of rotatable bonds is 1. The SMILES string of the molecule is Cc1nc(Br)cc(N2CCS(=O)(=O)CC2)n1. The van der Waals surface area contributed by atoms with Gasteiger partial charge in [0.1, 0.15) is 16.2 Å². The summed E-state index contributed by atoms with van der Waals surface area (Å²) in [6.45, 7) is 2.82. The number of halogens is 1. The number of nitrogens with zero attached hydrogens (tertiary/aromatic N) is 3. The van der Waals surface area contributed by atoms with E-state index in [0.29, 0.717) is 18.9 Å². The van der Waals surface area contributed by atoms with E-state index < -0.39 is 9.84 Å². The first-order valence-electron chi connectivity index (χ1n) is 4.93. The van der Waals surface area contributed by atoms with Gasteiger partial charge in [-0.1, -0.05) is 0 Å². The van der Waals surface area contributed by atoms with E-state index in [4.69, 9.17) is 0 Å². The Balaban J connectivity index is 2.20. The topological polar surface area (TPSA) is 63.2 Å². The molecule has 7 heteroatoms. The summed E-state index contributed by atoms with van der Waals surface area (Å²) < 4.78 is 23.3. The monoisotopic (exact) mass is 305 g/mol. The van der Waals surface area contributed by atoms with Crippen LogP contribution in [0.5, 0.6) is 0 Å². The molecule has 1 saturated heterocycles. The van der Waals surface area contributed by atoms with Crippen LogP contribution in [0.3, 0.4) is 0 Å². The molecule has 1 aliphatic heterocycles. The third kappa shape index (κ3) is 2.70. The zero-order valence-electron chi connectivity index (χ0n) is 8.85. The minimum Gasteiger partial charge on any atom is -0.354 e. The Morgan fingerprint density at radius 1 is 1.31 bits per heavy atom. The molecule has 0 aromatic carbocycles. The average molecular weight is 306 g/mol. The van der Waals surface area contributed by atoms with Gasteiger partial charge in [-0.05, 0) is 22.9 Å². The molecule has 1 aromatic heterocycles. The molecule has 1 aromatic rings. The fourth-order valence-electron chi connectivity index (χ4n) is 1.62. The van der Waals surface area contributed by atoms with Crippen LogP contribution in [0.2, 0.25) is 0 Å². The summed E-state index contributed by atoms with van der Waals surface area (Å²) >= 11 is 3.31. The quantitative estimate of drug-likeness (QED) is 0.718. The third-order valence-electron chi connectivity index (χ3n) is 2.46. The molecule has 0 N–H and O–H groups in total. The summed E-state index contributed by atoms with van der Waals surface area (Å²) in [6.07, 6.45) is 0. The zero-order chi connectivity index (χ0) is 11.8. The van der Waals surface area contributed by atoms with Crippen LogP contribution in [-0.2, 0) is 9.84 Å². The fourth-order valence-corrected chi connectivity index (χ4v) is 3.28. The predicted molar refractivity (Wildman–Crippen MR) is 65.3 cm³/mol. The van der Waals surface area contributed by atoms with E-state index in [2.05, 4.69) is 25.9 Å². The van der Waals surface area contributed by atoms with E-state index in [1.54, 1.807) is 0 Å². The highest BCUT2D eigenvalue weighted by atomic mass is 79.9. The lowest BCUT2D eigenvalue weighted by molar-refractivity contribution is 0.586. The molecule has 2 heterocycles. The molecule has 0 amide bonds. The van der Waals surface area contributed by atoms with Gasteiger partial charge in [0.2, 0.25) is 0 Å². The lowest BCUT2D eigenvalue weighted by atomic mass is 10.4. The van der Waals surface area contributed by atoms with Crippen molar-refractivity contribution in [1.29, 1.82) is 0 Å². The Morgan fingerprint density at radius 3 is 2.50 bits per heavy atom. The highest BCUT2D eigenvalue weighted by Gasteiger charge is 2.22. The van der Waals surface area contributed by atoms with Crippen molar-refractivity contribution in [1.82, 2.24) is 9.97 Å². The predicted octanol–water partition coefficient (Wildman–Crippen LogP) is 0.782. The maximum absolute atomic E-state index is 11.3. The summed E-state index contributed by atoms with van der Waals surface area (Å²) in [7, 11) is -2.84. The molecular formula is C9H12BrN3O2S. The molecule has 0 atom stereocenters. The lowest BCUT2D eigenvalue weighted by Crippen LogP contribution is -2.40. The van der Waals surface area contributed by atoms with Crippen molar-refractivity contribution in [2.24, 2.45) is 0 Å². The Hall–Kier alpha value is -0.690. The van der Waals surface area contributed by atoms with Crippen molar-refractivity contribution in [2.75, 3.05) is 29.5 Å². The van der Waals surface area contributed by atoms with Crippen molar-refractivity contribution in [3.05, 3.63) is 16.5 Å². The van der Waals surface area contributed by atoms with Gasteiger partial charge in [0.25, 0.3) is 0 Å². The van der Waals surface area contributed by atoms with Crippen molar-refractivity contribution in [3.8, 4) is 0 Å². The van der Waals surface area contributed by atoms with E-state index in [1.807, 2.05) is 17.9 Å². The number of hydrogen-bond acceptors (Lipinski definition) is 5. The first-order chi connectivity index (χ1) is 7.46. The van der Waals surface area contributed by atoms with E-state index >= 15 is 0 Å². The first kappa shape index (κ1) is 11.8. The average Bonchev–Trinajstić information content (AvgIpc) is 2.15. The lowest BCUT2D eigenvalue weighted by Gasteiger charge is -2.27. The van der Waals surface area contributed by atoms with Gasteiger partial charge in [-0.3, -0.25) is 0 Å². The van der Waals surface area contributed by atoms with Gasteiger partial charge < -0.3 is 4.90 Å². The highest BCUT2D eigenvalue weighted by Crippen LogP contribution is 2.18. The minimum absolute atomic E-state index is 0.202. The van der Waals surface area contributed by atoms with Crippen LogP contribution >= 0.6 is 15.9 Å². The Labute approximate surface area is 103 Å². The Kier molecular flexibility index (Phi) is 3.16. The van der Waals surface area contributed by atoms with Crippen molar-refractivity contribution < 1.29 is 8.42 Å². The molecular weight excluding hydrogens is 294 g/mol. The summed E-state index contributed by atoms with van der Waals surface area (Å²) in [6, 6.07) is 1.81. The molecule has 0 radical (unpaired) electrons. The highest BCUT2D eigenvalue weighted by molar-refractivity contribution is 9.10. The van der Waals surface area contributed by atoms with Crippen LogP contribution in [0.1, 0.15) is 5.82 Å². The van der Waals surface area contributed by atoms with Gasteiger partial charge in [-0.25, -0.2) is 18.4 Å². The van der Waals surface area contributed by atoms with Gasteiger partial charge in [0, 0.05) is 19.2 Å². The largest absolute Gasteiger partial charge is 0.354 e. The van der Waals surface area contributed by atoms with E-state index in [1.165, 1.54) is 0 Å². The second kappa shape index (κ2) is 4.29. The molecule has 16 heavy (non-hydrogen) atoms. The second-order valence-electron chi connectivity index (χ2n) is 3.73. The third-order valence-corrected chi connectivity index (χ3v) is 4.48. The van der Waals surface area contributed by atoms with Crippen LogP contribution < -0.4 is 4.90 Å². The maximum atomic E-state index is 11.3. The number of aromatic nitrogens is 2. The molecule has 0 aliphatic carbocycles.